The zero-order valence-electron chi connectivity index (χ0n) is 11.1. The number of allylic oxidation sites excluding steroid dienone is 3. The van der Waals surface area contributed by atoms with E-state index in [0.29, 0.717) is 5.56 Å². The number of phenols is 1. The maximum Gasteiger partial charge on any atom is 0.338 e. The molecule has 0 radical (unpaired) electrons. The molecule has 0 heterocycles. The van der Waals surface area contributed by atoms with Crippen molar-refractivity contribution in [3.63, 3.8) is 0 Å². The Bertz CT molecular complexity index is 500. The van der Waals surface area contributed by atoms with Crippen molar-refractivity contribution >= 4 is 11.9 Å². The van der Waals surface area contributed by atoms with E-state index in [1.54, 1.807) is 18.2 Å². The molecule has 1 N–H and O–H groups in total. The van der Waals surface area contributed by atoms with Crippen LogP contribution in [0.25, 0.3) is 0 Å². The van der Waals surface area contributed by atoms with Gasteiger partial charge in [-0.1, -0.05) is 18.2 Å². The lowest BCUT2D eigenvalue weighted by molar-refractivity contribution is -0.138. The lowest BCUT2D eigenvalue weighted by Gasteiger charge is -2.05. The van der Waals surface area contributed by atoms with Gasteiger partial charge in [-0.05, 0) is 31.2 Å². The second-order valence-corrected chi connectivity index (χ2v) is 3.74. The van der Waals surface area contributed by atoms with Crippen LogP contribution >= 0.6 is 0 Å². The number of hydrogen-bond donors (Lipinski definition) is 1. The molecule has 0 aliphatic rings. The molecule has 5 nitrogen and oxygen atoms in total. The van der Waals surface area contributed by atoms with Gasteiger partial charge in [0.15, 0.2) is 0 Å². The van der Waals surface area contributed by atoms with Crippen molar-refractivity contribution in [3.8, 4) is 5.75 Å². The third-order valence-electron chi connectivity index (χ3n) is 2.20. The van der Waals surface area contributed by atoms with Gasteiger partial charge in [-0.15, -0.1) is 0 Å². The van der Waals surface area contributed by atoms with Crippen molar-refractivity contribution in [2.45, 2.75) is 6.92 Å². The first-order valence-corrected chi connectivity index (χ1v) is 6.05. The van der Waals surface area contributed by atoms with E-state index in [-0.39, 0.29) is 19.0 Å². The zero-order valence-corrected chi connectivity index (χ0v) is 11.1. The summed E-state index contributed by atoms with van der Waals surface area (Å²) in [4.78, 5) is 22.7. The average Bonchev–Trinajstić information content (AvgIpc) is 2.44. The molecule has 0 bridgehead atoms. The first-order chi connectivity index (χ1) is 9.63. The number of ether oxygens (including phenoxy) is 2. The van der Waals surface area contributed by atoms with E-state index in [0.717, 1.165) is 0 Å². The monoisotopic (exact) mass is 276 g/mol. The number of aromatic hydroxyl groups is 1. The van der Waals surface area contributed by atoms with Gasteiger partial charge in [-0.2, -0.15) is 0 Å². The van der Waals surface area contributed by atoms with Crippen LogP contribution in [-0.2, 0) is 14.3 Å². The van der Waals surface area contributed by atoms with Crippen LogP contribution in [0.15, 0.2) is 48.6 Å². The quantitative estimate of drug-likeness (QED) is 0.373. The summed E-state index contributed by atoms with van der Waals surface area (Å²) in [5.41, 5.74) is 0.321. The summed E-state index contributed by atoms with van der Waals surface area (Å²) in [6, 6.07) is 5.68. The van der Waals surface area contributed by atoms with Crippen LogP contribution in [0.3, 0.4) is 0 Å². The molecule has 1 aromatic rings. The Morgan fingerprint density at radius 2 is 1.75 bits per heavy atom. The third-order valence-corrected chi connectivity index (χ3v) is 2.20. The van der Waals surface area contributed by atoms with Gasteiger partial charge >= 0.3 is 11.9 Å². The molecule has 5 heteroatoms. The van der Waals surface area contributed by atoms with Crippen LogP contribution in [0.4, 0.5) is 0 Å². The normalized spacial score (nSPS) is 10.8. The summed E-state index contributed by atoms with van der Waals surface area (Å²) in [5, 5.41) is 9.08. The Morgan fingerprint density at radius 1 is 1.10 bits per heavy atom. The number of hydrogen-bond acceptors (Lipinski definition) is 5. The number of carbonyl (C=O) groups is 2. The molecule has 106 valence electrons. The van der Waals surface area contributed by atoms with Gasteiger partial charge < -0.3 is 14.6 Å². The van der Waals surface area contributed by atoms with Crippen molar-refractivity contribution in [1.29, 1.82) is 0 Å². The molecule has 0 saturated carbocycles. The van der Waals surface area contributed by atoms with Gasteiger partial charge in [0.1, 0.15) is 19.0 Å². The molecular formula is C15H16O5. The molecular weight excluding hydrogens is 260 g/mol. The van der Waals surface area contributed by atoms with Crippen molar-refractivity contribution in [2.75, 3.05) is 13.2 Å². The standard InChI is InChI=1S/C15H16O5/c1-2-3-4-5-14(17)19-10-11-20-15(18)12-6-8-13(16)9-7-12/h2-9,16H,10-11H2,1H3/b3-2+,5-4+. The first kappa shape index (κ1) is 15.5. The second kappa shape index (κ2) is 8.53. The molecule has 0 aromatic heterocycles. The Balaban J connectivity index is 2.25. The topological polar surface area (TPSA) is 72.8 Å². The minimum absolute atomic E-state index is 0.0111. The highest BCUT2D eigenvalue weighted by atomic mass is 16.6. The molecule has 1 rings (SSSR count). The summed E-state index contributed by atoms with van der Waals surface area (Å²) in [6.07, 6.45) is 6.32. The van der Waals surface area contributed by atoms with Gasteiger partial charge in [0.2, 0.25) is 0 Å². The zero-order chi connectivity index (χ0) is 14.8. The minimum atomic E-state index is -0.537. The molecule has 0 fully saturated rings. The van der Waals surface area contributed by atoms with Crippen LogP contribution in [-0.4, -0.2) is 30.3 Å². The Labute approximate surface area is 117 Å². The Kier molecular flexibility index (Phi) is 6.61. The summed E-state index contributed by atoms with van der Waals surface area (Å²) in [6.45, 7) is 1.80. The molecule has 0 aliphatic heterocycles. The van der Waals surface area contributed by atoms with Crippen molar-refractivity contribution in [2.24, 2.45) is 0 Å². The summed E-state index contributed by atoms with van der Waals surface area (Å²) in [7, 11) is 0. The highest BCUT2D eigenvalue weighted by Gasteiger charge is 2.06. The smallest absolute Gasteiger partial charge is 0.338 e. The number of carbonyl (C=O) groups excluding carboxylic acids is 2. The molecule has 0 spiro atoms. The van der Waals surface area contributed by atoms with Gasteiger partial charge in [0.25, 0.3) is 0 Å². The number of benzene rings is 1. The van der Waals surface area contributed by atoms with E-state index in [2.05, 4.69) is 0 Å². The summed E-state index contributed by atoms with van der Waals surface area (Å²) in [5.74, 6) is -0.960. The highest BCUT2D eigenvalue weighted by Crippen LogP contribution is 2.10. The molecule has 20 heavy (non-hydrogen) atoms. The molecule has 0 amide bonds. The van der Waals surface area contributed by atoms with E-state index >= 15 is 0 Å². The Hall–Kier alpha value is -2.56. The van der Waals surface area contributed by atoms with Crippen LogP contribution < -0.4 is 0 Å². The number of rotatable bonds is 6. The maximum atomic E-state index is 11.5. The molecule has 0 saturated heterocycles. The fraction of sp³-hybridized carbons (Fsp3) is 0.200. The fourth-order valence-electron chi connectivity index (χ4n) is 1.25. The number of esters is 2. The van der Waals surface area contributed by atoms with Gasteiger partial charge in [0, 0.05) is 6.08 Å². The predicted molar refractivity (Wildman–Crippen MR) is 73.3 cm³/mol. The van der Waals surface area contributed by atoms with Crippen molar-refractivity contribution in [1.82, 2.24) is 0 Å². The predicted octanol–water partition coefficient (Wildman–Crippen LogP) is 2.22. The van der Waals surface area contributed by atoms with Crippen LogP contribution in [0.5, 0.6) is 5.75 Å². The minimum Gasteiger partial charge on any atom is -0.508 e. The van der Waals surface area contributed by atoms with E-state index in [4.69, 9.17) is 14.6 Å². The maximum absolute atomic E-state index is 11.5. The summed E-state index contributed by atoms with van der Waals surface area (Å²) >= 11 is 0. The van der Waals surface area contributed by atoms with Crippen LogP contribution in [0.2, 0.25) is 0 Å². The van der Waals surface area contributed by atoms with Crippen LogP contribution in [0, 0.1) is 0 Å². The van der Waals surface area contributed by atoms with Crippen molar-refractivity contribution < 1.29 is 24.2 Å². The molecule has 0 atom stereocenters. The third kappa shape index (κ3) is 5.86. The van der Waals surface area contributed by atoms with Gasteiger partial charge in [-0.3, -0.25) is 0 Å². The molecule has 0 aliphatic carbocycles. The molecule has 0 unspecified atom stereocenters. The van der Waals surface area contributed by atoms with Gasteiger partial charge in [-0.25, -0.2) is 9.59 Å². The van der Waals surface area contributed by atoms with Gasteiger partial charge in [0.05, 0.1) is 5.56 Å². The first-order valence-electron chi connectivity index (χ1n) is 6.05. The summed E-state index contributed by atoms with van der Waals surface area (Å²) < 4.78 is 9.73. The van der Waals surface area contributed by atoms with E-state index in [1.165, 1.54) is 30.3 Å². The van der Waals surface area contributed by atoms with E-state index in [1.807, 2.05) is 6.92 Å². The van der Waals surface area contributed by atoms with E-state index < -0.39 is 11.9 Å². The fourth-order valence-corrected chi connectivity index (χ4v) is 1.25. The highest BCUT2D eigenvalue weighted by molar-refractivity contribution is 5.89. The van der Waals surface area contributed by atoms with E-state index in [9.17, 15) is 9.59 Å². The second-order valence-electron chi connectivity index (χ2n) is 3.74. The number of phenolic OH excluding ortho intramolecular Hbond substituents is 1. The lowest BCUT2D eigenvalue weighted by atomic mass is 10.2. The Morgan fingerprint density at radius 3 is 2.40 bits per heavy atom. The van der Waals surface area contributed by atoms with Crippen molar-refractivity contribution in [3.05, 3.63) is 54.1 Å². The van der Waals surface area contributed by atoms with Crippen LogP contribution in [0.1, 0.15) is 17.3 Å². The SMILES string of the molecule is C/C=C/C=C/C(=O)OCCOC(=O)c1ccc(O)cc1. The average molecular weight is 276 g/mol. The lowest BCUT2D eigenvalue weighted by Crippen LogP contribution is -2.12. The molecule has 1 aromatic carbocycles. The largest absolute Gasteiger partial charge is 0.508 e.